The molecular formula is C58H39N5O. The predicted octanol–water partition coefficient (Wildman–Crippen LogP) is 15.2. The predicted molar refractivity (Wildman–Crippen MR) is 265 cm³/mol. The summed E-state index contributed by atoms with van der Waals surface area (Å²) in [6.07, 6.45) is 7.89. The van der Waals surface area contributed by atoms with Crippen molar-refractivity contribution < 1.29 is 4.42 Å². The van der Waals surface area contributed by atoms with Gasteiger partial charge in [-0.25, -0.2) is 15.0 Å². The van der Waals surface area contributed by atoms with Crippen LogP contribution in [0, 0.1) is 0 Å². The zero-order valence-corrected chi connectivity index (χ0v) is 35.0. The summed E-state index contributed by atoms with van der Waals surface area (Å²) >= 11 is 0. The number of furan rings is 1. The molecule has 0 saturated heterocycles. The second-order valence-electron chi connectivity index (χ2n) is 16.1. The fraction of sp³-hybridized carbons (Fsp3) is 0.0172. The Kier molecular flexibility index (Phi) is 8.76. The third-order valence-corrected chi connectivity index (χ3v) is 12.3. The van der Waals surface area contributed by atoms with Crippen molar-refractivity contribution in [3.63, 3.8) is 0 Å². The van der Waals surface area contributed by atoms with E-state index >= 15 is 0 Å². The molecule has 12 rings (SSSR count). The average Bonchev–Trinajstić information content (AvgIpc) is 4.02. The van der Waals surface area contributed by atoms with Crippen LogP contribution in [0.4, 0.5) is 0 Å². The lowest BCUT2D eigenvalue weighted by atomic mass is 10.0. The highest BCUT2D eigenvalue weighted by Gasteiger charge is 2.22. The molecule has 0 saturated carbocycles. The van der Waals surface area contributed by atoms with E-state index in [-0.39, 0.29) is 0 Å². The molecule has 0 aliphatic heterocycles. The molecule has 6 heteroatoms. The highest BCUT2D eigenvalue weighted by atomic mass is 16.3. The molecule has 0 aliphatic carbocycles. The minimum absolute atomic E-state index is 0.611. The Hall–Kier alpha value is -8.61. The van der Waals surface area contributed by atoms with Crippen LogP contribution in [0.15, 0.2) is 217 Å². The molecule has 0 atom stereocenters. The molecule has 302 valence electrons. The van der Waals surface area contributed by atoms with E-state index in [9.17, 15) is 0 Å². The molecule has 4 heterocycles. The summed E-state index contributed by atoms with van der Waals surface area (Å²) in [4.78, 5) is 15.1. The standard InChI is InChI=1S/C58H39N5O/c1-3-4-7-16-37(2)62-48-23-14-12-21-46(48)52-50(62)35-33-44-45-34-36-51-53(55(45)64-54(44)52)47-22-13-15-24-49(47)63(51)43-31-29-42(30-32-43)58-60-56(40-19-10-6-11-20-40)59-57(61-58)41-27-25-39(26-28-41)38-17-8-5-9-18-38/h3-36H,1H2,2H3/b7-4-,37-16+. The van der Waals surface area contributed by atoms with Gasteiger partial charge in [0.2, 0.25) is 0 Å². The van der Waals surface area contributed by atoms with Gasteiger partial charge in [-0.3, -0.25) is 0 Å². The highest BCUT2D eigenvalue weighted by Crippen LogP contribution is 2.45. The van der Waals surface area contributed by atoms with E-state index in [0.717, 1.165) is 99.2 Å². The average molecular weight is 822 g/mol. The Labute approximate surface area is 369 Å². The van der Waals surface area contributed by atoms with Crippen LogP contribution in [0.3, 0.4) is 0 Å². The number of allylic oxidation sites excluding steroid dienone is 5. The molecule has 64 heavy (non-hydrogen) atoms. The van der Waals surface area contributed by atoms with E-state index in [4.69, 9.17) is 19.4 Å². The molecule has 0 bridgehead atoms. The molecule has 8 aromatic carbocycles. The fourth-order valence-electron chi connectivity index (χ4n) is 9.35. The molecule has 0 N–H and O–H groups in total. The van der Waals surface area contributed by atoms with Crippen molar-refractivity contribution in [3.8, 4) is 51.0 Å². The Morgan fingerprint density at radius 3 is 1.53 bits per heavy atom. The summed E-state index contributed by atoms with van der Waals surface area (Å²) in [6.45, 7) is 5.98. The summed E-state index contributed by atoms with van der Waals surface area (Å²) in [7, 11) is 0. The van der Waals surface area contributed by atoms with Crippen molar-refractivity contribution >= 4 is 71.2 Å². The lowest BCUT2D eigenvalue weighted by molar-refractivity contribution is 0.677. The number of nitrogens with zero attached hydrogens (tertiary/aromatic N) is 5. The van der Waals surface area contributed by atoms with Gasteiger partial charge in [-0.15, -0.1) is 0 Å². The van der Waals surface area contributed by atoms with Crippen LogP contribution in [0.2, 0.25) is 0 Å². The van der Waals surface area contributed by atoms with Crippen LogP contribution < -0.4 is 0 Å². The monoisotopic (exact) mass is 821 g/mol. The quantitative estimate of drug-likeness (QED) is 0.143. The van der Waals surface area contributed by atoms with Crippen molar-refractivity contribution in [1.29, 1.82) is 0 Å². The second-order valence-corrected chi connectivity index (χ2v) is 16.1. The van der Waals surface area contributed by atoms with Crippen molar-refractivity contribution in [1.82, 2.24) is 24.1 Å². The molecule has 0 spiro atoms. The number of fused-ring (bicyclic) bond motifs is 11. The van der Waals surface area contributed by atoms with Gasteiger partial charge in [-0.1, -0.05) is 146 Å². The van der Waals surface area contributed by atoms with E-state index in [1.54, 1.807) is 6.08 Å². The Bertz CT molecular complexity index is 3830. The first-order chi connectivity index (χ1) is 31.6. The normalized spacial score (nSPS) is 12.2. The Balaban J connectivity index is 0.991. The smallest absolute Gasteiger partial charge is 0.164 e. The number of benzene rings is 8. The summed E-state index contributed by atoms with van der Waals surface area (Å²) in [6, 6.07) is 63.5. The van der Waals surface area contributed by atoms with Crippen molar-refractivity contribution in [2.24, 2.45) is 0 Å². The van der Waals surface area contributed by atoms with Crippen LogP contribution in [0.25, 0.3) is 122 Å². The van der Waals surface area contributed by atoms with Crippen LogP contribution in [0.1, 0.15) is 6.92 Å². The second kappa shape index (κ2) is 15.1. The minimum atomic E-state index is 0.611. The highest BCUT2D eigenvalue weighted by molar-refractivity contribution is 6.29. The van der Waals surface area contributed by atoms with Crippen LogP contribution in [-0.4, -0.2) is 24.1 Å². The zero-order valence-electron chi connectivity index (χ0n) is 35.0. The number of hydrogen-bond acceptors (Lipinski definition) is 4. The third-order valence-electron chi connectivity index (χ3n) is 12.3. The first-order valence-electron chi connectivity index (χ1n) is 21.5. The molecule has 0 amide bonds. The molecule has 6 nitrogen and oxygen atoms in total. The first kappa shape index (κ1) is 37.2. The molecule has 0 fully saturated rings. The molecule has 0 aliphatic rings. The molecule has 4 aromatic heterocycles. The van der Waals surface area contributed by atoms with Crippen LogP contribution in [-0.2, 0) is 0 Å². The molecule has 0 radical (unpaired) electrons. The zero-order chi connectivity index (χ0) is 42.7. The van der Waals surface area contributed by atoms with E-state index < -0.39 is 0 Å². The summed E-state index contributed by atoms with van der Waals surface area (Å²) in [5.74, 6) is 1.86. The summed E-state index contributed by atoms with van der Waals surface area (Å²) in [5.41, 5.74) is 13.4. The van der Waals surface area contributed by atoms with Gasteiger partial charge in [0.1, 0.15) is 11.2 Å². The van der Waals surface area contributed by atoms with Gasteiger partial charge >= 0.3 is 0 Å². The lowest BCUT2D eigenvalue weighted by Crippen LogP contribution is -2.00. The van der Waals surface area contributed by atoms with Gasteiger partial charge in [-0.05, 0) is 84.8 Å². The first-order valence-corrected chi connectivity index (χ1v) is 21.5. The van der Waals surface area contributed by atoms with Gasteiger partial charge in [0.05, 0.1) is 32.8 Å². The van der Waals surface area contributed by atoms with E-state index in [2.05, 4.69) is 174 Å². The maximum atomic E-state index is 7.14. The largest absolute Gasteiger partial charge is 0.455 e. The number of hydrogen-bond donors (Lipinski definition) is 0. The SMILES string of the molecule is C=C/C=C\C=C(/C)n1c2ccccc2c2c3oc4c(ccc5c4c4ccccc4n5-c4ccc(-c5nc(-c6ccccc6)nc(-c6ccc(-c7ccccc7)cc6)n5)cc4)c3ccc21. The lowest BCUT2D eigenvalue weighted by Gasteiger charge is -2.11. The van der Waals surface area contributed by atoms with E-state index in [1.165, 1.54) is 5.56 Å². The van der Waals surface area contributed by atoms with E-state index in [1.807, 2.05) is 48.6 Å². The van der Waals surface area contributed by atoms with Gasteiger partial charge in [-0.2, -0.15) is 0 Å². The minimum Gasteiger partial charge on any atom is -0.455 e. The van der Waals surface area contributed by atoms with Crippen molar-refractivity contribution in [2.75, 3.05) is 0 Å². The molecule has 12 aromatic rings. The Morgan fingerprint density at radius 2 is 0.906 bits per heavy atom. The Morgan fingerprint density at radius 1 is 0.438 bits per heavy atom. The van der Waals surface area contributed by atoms with Crippen molar-refractivity contribution in [2.45, 2.75) is 6.92 Å². The van der Waals surface area contributed by atoms with Crippen LogP contribution >= 0.6 is 0 Å². The maximum absolute atomic E-state index is 7.14. The van der Waals surface area contributed by atoms with Crippen LogP contribution in [0.5, 0.6) is 0 Å². The van der Waals surface area contributed by atoms with Gasteiger partial charge in [0, 0.05) is 49.6 Å². The summed E-state index contributed by atoms with van der Waals surface area (Å²) in [5, 5.41) is 6.67. The van der Waals surface area contributed by atoms with Crippen molar-refractivity contribution in [3.05, 3.63) is 213 Å². The number of rotatable bonds is 8. The van der Waals surface area contributed by atoms with Gasteiger partial charge < -0.3 is 13.6 Å². The number of para-hydroxylation sites is 2. The van der Waals surface area contributed by atoms with E-state index in [0.29, 0.717) is 17.5 Å². The molecular weight excluding hydrogens is 783 g/mol. The summed E-state index contributed by atoms with van der Waals surface area (Å²) < 4.78 is 11.8. The molecule has 0 unspecified atom stereocenters. The topological polar surface area (TPSA) is 61.7 Å². The number of aromatic nitrogens is 5. The maximum Gasteiger partial charge on any atom is 0.164 e. The fourth-order valence-corrected chi connectivity index (χ4v) is 9.35. The van der Waals surface area contributed by atoms with Gasteiger partial charge in [0.15, 0.2) is 17.5 Å². The van der Waals surface area contributed by atoms with Gasteiger partial charge in [0.25, 0.3) is 0 Å². The third kappa shape index (κ3) is 5.99.